The molecule has 1 aliphatic rings. The molecule has 0 aliphatic carbocycles. The number of hydrogen-bond acceptors (Lipinski definition) is 4. The molecule has 1 aromatic rings. The zero-order valence-electron chi connectivity index (χ0n) is 15.1. The Morgan fingerprint density at radius 2 is 1.64 bits per heavy atom. The van der Waals surface area contributed by atoms with E-state index in [-0.39, 0.29) is 12.5 Å². The van der Waals surface area contributed by atoms with Gasteiger partial charge in [-0.05, 0) is 31.0 Å². The van der Waals surface area contributed by atoms with Gasteiger partial charge in [-0.2, -0.15) is 0 Å². The molecule has 1 aromatic carbocycles. The monoisotopic (exact) mass is 346 g/mol. The van der Waals surface area contributed by atoms with E-state index in [4.69, 9.17) is 0 Å². The van der Waals surface area contributed by atoms with Gasteiger partial charge in [0.1, 0.15) is 0 Å². The molecule has 2 N–H and O–H groups in total. The lowest BCUT2D eigenvalue weighted by Crippen LogP contribution is -2.53. The van der Waals surface area contributed by atoms with E-state index in [1.165, 1.54) is 23.7 Å². The van der Waals surface area contributed by atoms with Crippen LogP contribution in [0.25, 0.3) is 0 Å². The minimum atomic E-state index is -0.620. The lowest BCUT2D eigenvalue weighted by Gasteiger charge is -2.36. The third kappa shape index (κ3) is 4.95. The van der Waals surface area contributed by atoms with Gasteiger partial charge in [-0.3, -0.25) is 14.4 Å². The van der Waals surface area contributed by atoms with Gasteiger partial charge in [0.25, 0.3) is 0 Å². The standard InChI is InChI=1S/C18H26N4O3/c1-13-5-4-6-16(14(13)2)21-9-11-22(12-10-21)18(25)17(24)20-8-7-19-15(3)23/h4-6H,7-12H2,1-3H3,(H,19,23)(H,20,24). The van der Waals surface area contributed by atoms with Gasteiger partial charge in [0.15, 0.2) is 0 Å². The SMILES string of the molecule is CC(=O)NCCNC(=O)C(=O)N1CCN(c2cccc(C)c2C)CC1. The molecule has 1 fully saturated rings. The van der Waals surface area contributed by atoms with Gasteiger partial charge in [-0.15, -0.1) is 0 Å². The fourth-order valence-corrected chi connectivity index (χ4v) is 2.86. The zero-order chi connectivity index (χ0) is 18.4. The van der Waals surface area contributed by atoms with Gasteiger partial charge < -0.3 is 20.4 Å². The first-order valence-corrected chi connectivity index (χ1v) is 8.53. The molecule has 0 aromatic heterocycles. The Labute approximate surface area is 148 Å². The second-order valence-electron chi connectivity index (χ2n) is 6.24. The molecule has 0 radical (unpaired) electrons. The lowest BCUT2D eigenvalue weighted by atomic mass is 10.1. The Kier molecular flexibility index (Phi) is 6.38. The van der Waals surface area contributed by atoms with Crippen molar-refractivity contribution in [1.82, 2.24) is 15.5 Å². The molecule has 136 valence electrons. The van der Waals surface area contributed by atoms with E-state index in [0.717, 1.165) is 0 Å². The minimum absolute atomic E-state index is 0.164. The number of rotatable bonds is 4. The first kappa shape index (κ1) is 18.8. The summed E-state index contributed by atoms with van der Waals surface area (Å²) in [6.45, 7) is 8.60. The Hall–Kier alpha value is -2.57. The molecule has 25 heavy (non-hydrogen) atoms. The number of nitrogens with zero attached hydrogens (tertiary/aromatic N) is 2. The summed E-state index contributed by atoms with van der Waals surface area (Å²) in [5, 5.41) is 5.10. The Balaban J connectivity index is 1.82. The molecule has 0 unspecified atom stereocenters. The van der Waals surface area contributed by atoms with E-state index in [0.29, 0.717) is 32.7 Å². The van der Waals surface area contributed by atoms with Crippen molar-refractivity contribution in [2.75, 3.05) is 44.2 Å². The van der Waals surface area contributed by atoms with Gasteiger partial charge in [0.2, 0.25) is 5.91 Å². The van der Waals surface area contributed by atoms with Crippen LogP contribution in [0.5, 0.6) is 0 Å². The normalized spacial score (nSPS) is 14.2. The van der Waals surface area contributed by atoms with Crippen LogP contribution >= 0.6 is 0 Å². The fourth-order valence-electron chi connectivity index (χ4n) is 2.86. The van der Waals surface area contributed by atoms with Crippen molar-refractivity contribution in [2.24, 2.45) is 0 Å². The first-order chi connectivity index (χ1) is 11.9. The maximum absolute atomic E-state index is 12.2. The smallest absolute Gasteiger partial charge is 0.312 e. The maximum Gasteiger partial charge on any atom is 0.312 e. The van der Waals surface area contributed by atoms with Crippen LogP contribution in [0.2, 0.25) is 0 Å². The molecule has 1 aliphatic heterocycles. The molecule has 0 saturated carbocycles. The molecular formula is C18H26N4O3. The van der Waals surface area contributed by atoms with E-state index in [1.54, 1.807) is 4.90 Å². The summed E-state index contributed by atoms with van der Waals surface area (Å²) in [6.07, 6.45) is 0. The molecule has 7 heteroatoms. The summed E-state index contributed by atoms with van der Waals surface area (Å²) in [5.41, 5.74) is 3.68. The highest BCUT2D eigenvalue weighted by Crippen LogP contribution is 2.23. The van der Waals surface area contributed by atoms with Crippen LogP contribution in [0.4, 0.5) is 5.69 Å². The van der Waals surface area contributed by atoms with Crippen LogP contribution in [0, 0.1) is 13.8 Å². The van der Waals surface area contributed by atoms with Crippen molar-refractivity contribution in [3.8, 4) is 0 Å². The van der Waals surface area contributed by atoms with Crippen molar-refractivity contribution in [1.29, 1.82) is 0 Å². The first-order valence-electron chi connectivity index (χ1n) is 8.53. The number of anilines is 1. The molecule has 1 heterocycles. The highest BCUT2D eigenvalue weighted by atomic mass is 16.2. The summed E-state index contributed by atoms with van der Waals surface area (Å²) in [7, 11) is 0. The maximum atomic E-state index is 12.2. The lowest BCUT2D eigenvalue weighted by molar-refractivity contribution is -0.146. The van der Waals surface area contributed by atoms with E-state index < -0.39 is 11.8 Å². The van der Waals surface area contributed by atoms with Crippen molar-refractivity contribution in [3.63, 3.8) is 0 Å². The van der Waals surface area contributed by atoms with Gasteiger partial charge in [0, 0.05) is 51.9 Å². The van der Waals surface area contributed by atoms with Crippen LogP contribution in [-0.4, -0.2) is 61.9 Å². The Morgan fingerprint density at radius 1 is 1.00 bits per heavy atom. The predicted molar refractivity (Wildman–Crippen MR) is 96.4 cm³/mol. The fraction of sp³-hybridized carbons (Fsp3) is 0.500. The van der Waals surface area contributed by atoms with Crippen LogP contribution in [0.1, 0.15) is 18.1 Å². The van der Waals surface area contributed by atoms with Crippen molar-refractivity contribution in [3.05, 3.63) is 29.3 Å². The number of piperazine rings is 1. The van der Waals surface area contributed by atoms with Crippen molar-refractivity contribution in [2.45, 2.75) is 20.8 Å². The van der Waals surface area contributed by atoms with Gasteiger partial charge in [0.05, 0.1) is 0 Å². The molecule has 0 bridgehead atoms. The van der Waals surface area contributed by atoms with Crippen LogP contribution in [0.3, 0.4) is 0 Å². The summed E-state index contributed by atoms with van der Waals surface area (Å²) >= 11 is 0. The van der Waals surface area contributed by atoms with Crippen LogP contribution < -0.4 is 15.5 Å². The third-order valence-corrected chi connectivity index (χ3v) is 4.46. The van der Waals surface area contributed by atoms with Crippen LogP contribution in [0.15, 0.2) is 18.2 Å². The molecule has 0 spiro atoms. The highest BCUT2D eigenvalue weighted by Gasteiger charge is 2.26. The summed E-state index contributed by atoms with van der Waals surface area (Å²) in [5.74, 6) is -1.29. The minimum Gasteiger partial charge on any atom is -0.368 e. The van der Waals surface area contributed by atoms with Crippen molar-refractivity contribution < 1.29 is 14.4 Å². The Bertz CT molecular complexity index is 652. The summed E-state index contributed by atoms with van der Waals surface area (Å²) in [6, 6.07) is 6.22. The van der Waals surface area contributed by atoms with E-state index in [1.807, 2.05) is 6.07 Å². The second-order valence-corrected chi connectivity index (χ2v) is 6.24. The largest absolute Gasteiger partial charge is 0.368 e. The predicted octanol–water partition coefficient (Wildman–Crippen LogP) is 0.204. The molecule has 1 saturated heterocycles. The molecule has 2 rings (SSSR count). The van der Waals surface area contributed by atoms with Gasteiger partial charge in [-0.25, -0.2) is 0 Å². The number of hydrogen-bond donors (Lipinski definition) is 2. The molecule has 3 amide bonds. The second kappa shape index (κ2) is 8.50. The molecular weight excluding hydrogens is 320 g/mol. The van der Waals surface area contributed by atoms with E-state index in [9.17, 15) is 14.4 Å². The number of amides is 3. The highest BCUT2D eigenvalue weighted by molar-refractivity contribution is 6.35. The van der Waals surface area contributed by atoms with Crippen LogP contribution in [-0.2, 0) is 14.4 Å². The number of aryl methyl sites for hydroxylation is 1. The number of carbonyl (C=O) groups is 3. The van der Waals surface area contributed by atoms with Gasteiger partial charge in [-0.1, -0.05) is 12.1 Å². The third-order valence-electron chi connectivity index (χ3n) is 4.46. The summed E-state index contributed by atoms with van der Waals surface area (Å²) < 4.78 is 0. The van der Waals surface area contributed by atoms with E-state index >= 15 is 0 Å². The Morgan fingerprint density at radius 3 is 2.28 bits per heavy atom. The number of carbonyl (C=O) groups excluding carboxylic acids is 3. The topological polar surface area (TPSA) is 81.8 Å². The average Bonchev–Trinajstić information content (AvgIpc) is 2.60. The van der Waals surface area contributed by atoms with Crippen molar-refractivity contribution >= 4 is 23.4 Å². The zero-order valence-corrected chi connectivity index (χ0v) is 15.1. The molecule has 7 nitrogen and oxygen atoms in total. The number of benzene rings is 1. The number of nitrogens with one attached hydrogen (secondary N) is 2. The van der Waals surface area contributed by atoms with E-state index in [2.05, 4.69) is 41.5 Å². The van der Waals surface area contributed by atoms with Gasteiger partial charge >= 0.3 is 11.8 Å². The molecule has 0 atom stereocenters. The quantitative estimate of drug-likeness (QED) is 0.603. The summed E-state index contributed by atoms with van der Waals surface area (Å²) in [4.78, 5) is 38.7. The average molecular weight is 346 g/mol.